The van der Waals surface area contributed by atoms with Gasteiger partial charge in [-0.2, -0.15) is 0 Å². The van der Waals surface area contributed by atoms with Crippen molar-refractivity contribution >= 4 is 12.2 Å². The molecule has 0 N–H and O–H groups in total. The van der Waals surface area contributed by atoms with Crippen molar-refractivity contribution in [3.05, 3.63) is 89.4 Å². The lowest BCUT2D eigenvalue weighted by Crippen LogP contribution is -2.16. The number of ether oxygens (including phenoxy) is 2. The zero-order valence-corrected chi connectivity index (χ0v) is 19.6. The summed E-state index contributed by atoms with van der Waals surface area (Å²) in [6.07, 6.45) is 6.00. The fraction of sp³-hybridized carbons (Fsp3) is 0.269. The van der Waals surface area contributed by atoms with Gasteiger partial charge in [-0.3, -0.25) is 4.68 Å². The van der Waals surface area contributed by atoms with Crippen molar-refractivity contribution in [1.82, 2.24) is 20.0 Å². The quantitative estimate of drug-likeness (QED) is 0.236. The smallest absolute Gasteiger partial charge is 0.487 e. The molecule has 0 aliphatic carbocycles. The van der Waals surface area contributed by atoms with E-state index < -0.39 is 6.36 Å². The number of halogens is 3. The van der Waals surface area contributed by atoms with E-state index in [9.17, 15) is 13.2 Å². The molecule has 10 heteroatoms. The number of benzene rings is 2. The molecular formula is C26H25F3N4O3. The minimum Gasteiger partial charge on any atom is -0.487 e. The van der Waals surface area contributed by atoms with E-state index in [1.807, 2.05) is 19.2 Å². The summed E-state index contributed by atoms with van der Waals surface area (Å²) in [6, 6.07) is 13.5. The Bertz CT molecular complexity index is 1260. The summed E-state index contributed by atoms with van der Waals surface area (Å²) in [5, 5.41) is 7.84. The van der Waals surface area contributed by atoms with Crippen molar-refractivity contribution < 1.29 is 27.1 Å². The number of hydrogen-bond acceptors (Lipinski definition) is 6. The molecule has 188 valence electrons. The van der Waals surface area contributed by atoms with Crippen LogP contribution in [0.1, 0.15) is 41.2 Å². The van der Waals surface area contributed by atoms with Crippen LogP contribution in [0.15, 0.2) is 65.4 Å². The summed E-state index contributed by atoms with van der Waals surface area (Å²) >= 11 is 0. The van der Waals surface area contributed by atoms with Crippen molar-refractivity contribution in [2.45, 2.75) is 38.7 Å². The second-order valence-corrected chi connectivity index (χ2v) is 8.12. The molecule has 0 amide bonds. The molecule has 4 rings (SSSR count). The molecule has 36 heavy (non-hydrogen) atoms. The van der Waals surface area contributed by atoms with Gasteiger partial charge in [0.25, 0.3) is 0 Å². The number of aryl methyl sites for hydroxylation is 3. The molecule has 0 bridgehead atoms. The maximum atomic E-state index is 12.2. The van der Waals surface area contributed by atoms with Gasteiger partial charge in [0.2, 0.25) is 5.89 Å². The van der Waals surface area contributed by atoms with Crippen LogP contribution < -0.4 is 9.47 Å². The predicted molar refractivity (Wildman–Crippen MR) is 127 cm³/mol. The number of hydrogen-bond donors (Lipinski definition) is 0. The normalized spacial score (nSPS) is 11.8. The fourth-order valence-corrected chi connectivity index (χ4v) is 3.50. The van der Waals surface area contributed by atoms with Gasteiger partial charge < -0.3 is 13.9 Å². The molecule has 2 aromatic carbocycles. The third kappa shape index (κ3) is 7.72. The second kappa shape index (κ2) is 11.6. The lowest BCUT2D eigenvalue weighted by Gasteiger charge is -2.08. The molecular weight excluding hydrogens is 473 g/mol. The van der Waals surface area contributed by atoms with Crippen molar-refractivity contribution in [2.24, 2.45) is 7.05 Å². The number of nitrogens with zero attached hydrogens (tertiary/aromatic N) is 4. The van der Waals surface area contributed by atoms with Gasteiger partial charge in [0.15, 0.2) is 0 Å². The lowest BCUT2D eigenvalue weighted by atomic mass is 10.1. The Morgan fingerprint density at radius 1 is 0.944 bits per heavy atom. The second-order valence-electron chi connectivity index (χ2n) is 8.12. The van der Waals surface area contributed by atoms with Crippen LogP contribution in [0.2, 0.25) is 0 Å². The van der Waals surface area contributed by atoms with E-state index in [1.54, 1.807) is 23.0 Å². The third-order valence-corrected chi connectivity index (χ3v) is 5.37. The molecule has 0 radical (unpaired) electrons. The monoisotopic (exact) mass is 498 g/mol. The molecule has 0 saturated carbocycles. The standard InChI is InChI=1S/C26H25F3N4O3/c1-33-22(16-30-32-33)5-3-2-4-19-6-11-23(12-7-19)34-17-21-18-35-25(31-21)15-10-20-8-13-24(14-9-20)36-26(27,28)29/h6-16,18H,2-5,17H2,1H3/b15-10+. The van der Waals surface area contributed by atoms with Crippen molar-refractivity contribution in [2.75, 3.05) is 0 Å². The summed E-state index contributed by atoms with van der Waals surface area (Å²) in [5.41, 5.74) is 3.68. The van der Waals surface area contributed by atoms with Gasteiger partial charge in [-0.1, -0.05) is 29.5 Å². The van der Waals surface area contributed by atoms with Gasteiger partial charge in [0.05, 0.1) is 11.9 Å². The van der Waals surface area contributed by atoms with Crippen LogP contribution in [0.5, 0.6) is 11.5 Å². The zero-order valence-electron chi connectivity index (χ0n) is 19.6. The SMILES string of the molecule is Cn1nncc1CCCCc1ccc(OCc2coc(/C=C/c3ccc(OC(F)(F)F)cc3)n2)cc1. The Balaban J connectivity index is 1.20. The minimum absolute atomic E-state index is 0.249. The van der Waals surface area contributed by atoms with Crippen LogP contribution in [-0.2, 0) is 26.5 Å². The van der Waals surface area contributed by atoms with Crippen LogP contribution in [0.3, 0.4) is 0 Å². The molecule has 0 fully saturated rings. The Morgan fingerprint density at radius 3 is 2.36 bits per heavy atom. The lowest BCUT2D eigenvalue weighted by molar-refractivity contribution is -0.274. The Labute approximate surface area is 206 Å². The molecule has 0 aliphatic rings. The first-order valence-corrected chi connectivity index (χ1v) is 11.4. The highest BCUT2D eigenvalue weighted by molar-refractivity contribution is 5.66. The van der Waals surface area contributed by atoms with E-state index in [1.165, 1.54) is 36.1 Å². The van der Waals surface area contributed by atoms with Crippen LogP contribution in [0.25, 0.3) is 12.2 Å². The Kier molecular flexibility index (Phi) is 8.04. The molecule has 7 nitrogen and oxygen atoms in total. The van der Waals surface area contributed by atoms with E-state index in [4.69, 9.17) is 9.15 Å². The average molecular weight is 499 g/mol. The van der Waals surface area contributed by atoms with Gasteiger partial charge in [-0.05, 0) is 67.2 Å². The number of unbranched alkanes of at least 4 members (excludes halogenated alkanes) is 1. The fourth-order valence-electron chi connectivity index (χ4n) is 3.50. The largest absolute Gasteiger partial charge is 0.573 e. The Morgan fingerprint density at radius 2 is 1.67 bits per heavy atom. The number of alkyl halides is 3. The number of rotatable bonds is 11. The van der Waals surface area contributed by atoms with Crippen molar-refractivity contribution in [1.29, 1.82) is 0 Å². The molecule has 2 aromatic heterocycles. The summed E-state index contributed by atoms with van der Waals surface area (Å²) in [6.45, 7) is 0.249. The molecule has 0 unspecified atom stereocenters. The first kappa shape index (κ1) is 25.0. The first-order chi connectivity index (χ1) is 17.3. The average Bonchev–Trinajstić information content (AvgIpc) is 3.48. The topological polar surface area (TPSA) is 75.2 Å². The van der Waals surface area contributed by atoms with Crippen molar-refractivity contribution in [3.63, 3.8) is 0 Å². The van der Waals surface area contributed by atoms with Crippen molar-refractivity contribution in [3.8, 4) is 11.5 Å². The van der Waals surface area contributed by atoms with Gasteiger partial charge in [0.1, 0.15) is 30.1 Å². The highest BCUT2D eigenvalue weighted by Crippen LogP contribution is 2.23. The van der Waals surface area contributed by atoms with Gasteiger partial charge in [-0.25, -0.2) is 4.98 Å². The molecule has 4 aromatic rings. The number of oxazole rings is 1. The van der Waals surface area contributed by atoms with E-state index >= 15 is 0 Å². The summed E-state index contributed by atoms with van der Waals surface area (Å²) < 4.78 is 53.6. The summed E-state index contributed by atoms with van der Waals surface area (Å²) in [4.78, 5) is 4.34. The van der Waals surface area contributed by atoms with Gasteiger partial charge in [0, 0.05) is 13.1 Å². The van der Waals surface area contributed by atoms with Crippen LogP contribution in [0, 0.1) is 0 Å². The molecule has 0 atom stereocenters. The van der Waals surface area contributed by atoms with E-state index in [0.717, 1.165) is 37.1 Å². The Hall–Kier alpha value is -4.08. The molecule has 0 saturated heterocycles. The molecule has 0 aliphatic heterocycles. The third-order valence-electron chi connectivity index (χ3n) is 5.37. The molecule has 2 heterocycles. The highest BCUT2D eigenvalue weighted by atomic mass is 19.4. The van der Waals surface area contributed by atoms with Crippen LogP contribution >= 0.6 is 0 Å². The summed E-state index contributed by atoms with van der Waals surface area (Å²) in [5.74, 6) is 0.823. The first-order valence-electron chi connectivity index (χ1n) is 11.4. The van der Waals surface area contributed by atoms with Crippen LogP contribution in [-0.4, -0.2) is 26.3 Å². The van der Waals surface area contributed by atoms with E-state index in [-0.39, 0.29) is 12.4 Å². The molecule has 0 spiro atoms. The minimum atomic E-state index is -4.71. The van der Waals surface area contributed by atoms with Gasteiger partial charge in [-0.15, -0.1) is 18.3 Å². The van der Waals surface area contributed by atoms with E-state index in [0.29, 0.717) is 17.1 Å². The summed E-state index contributed by atoms with van der Waals surface area (Å²) in [7, 11) is 1.90. The van der Waals surface area contributed by atoms with Gasteiger partial charge >= 0.3 is 6.36 Å². The van der Waals surface area contributed by atoms with Crippen LogP contribution in [0.4, 0.5) is 13.2 Å². The maximum Gasteiger partial charge on any atom is 0.573 e. The highest BCUT2D eigenvalue weighted by Gasteiger charge is 2.30. The maximum absolute atomic E-state index is 12.2. The number of aromatic nitrogens is 4. The van der Waals surface area contributed by atoms with E-state index in [2.05, 4.69) is 32.2 Å². The zero-order chi connectivity index (χ0) is 25.4. The predicted octanol–water partition coefficient (Wildman–Crippen LogP) is 6.02.